The van der Waals surface area contributed by atoms with E-state index in [2.05, 4.69) is 10.6 Å². The lowest BCUT2D eigenvalue weighted by Gasteiger charge is -2.29. The molecule has 126 valence electrons. The van der Waals surface area contributed by atoms with E-state index in [1.807, 2.05) is 19.1 Å². The van der Waals surface area contributed by atoms with Crippen LogP contribution in [0.4, 0.5) is 0 Å². The second-order valence-electron chi connectivity index (χ2n) is 6.90. The summed E-state index contributed by atoms with van der Waals surface area (Å²) in [5.74, 6) is 3.13. The highest BCUT2D eigenvalue weighted by Gasteiger charge is 2.24. The third kappa shape index (κ3) is 3.31. The maximum absolute atomic E-state index is 11.5. The number of aromatic nitrogens is 2. The maximum Gasteiger partial charge on any atom is 0.248 e. The van der Waals surface area contributed by atoms with Crippen LogP contribution >= 0.6 is 0 Å². The average Bonchev–Trinajstić information content (AvgIpc) is 2.92. The summed E-state index contributed by atoms with van der Waals surface area (Å²) in [6.07, 6.45) is 13.3. The average molecular weight is 323 g/mol. The number of nitrogens with two attached hydrogens (primary N) is 1. The molecule has 1 aliphatic rings. The van der Waals surface area contributed by atoms with Crippen molar-refractivity contribution in [1.29, 1.82) is 0 Å². The Hall–Kier alpha value is -2.28. The molecular weight excluding hydrogens is 298 g/mol. The summed E-state index contributed by atoms with van der Waals surface area (Å²) in [5, 5.41) is 5.86. The zero-order valence-electron chi connectivity index (χ0n) is 14.3. The van der Waals surface area contributed by atoms with Gasteiger partial charge in [-0.2, -0.15) is 5.10 Å². The Labute approximate surface area is 143 Å². The van der Waals surface area contributed by atoms with Crippen LogP contribution in [0.15, 0.2) is 18.2 Å². The predicted molar refractivity (Wildman–Crippen MR) is 96.7 cm³/mol. The summed E-state index contributed by atoms with van der Waals surface area (Å²) in [6.45, 7) is 2.02. The first-order chi connectivity index (χ1) is 11.6. The lowest BCUT2D eigenvalue weighted by Crippen LogP contribution is -2.19. The summed E-state index contributed by atoms with van der Waals surface area (Å²) < 4.78 is 2.12. The molecule has 0 radical (unpaired) electrons. The van der Waals surface area contributed by atoms with Crippen LogP contribution in [0.2, 0.25) is 0 Å². The molecular formula is C20H25N3O. The first-order valence-electron chi connectivity index (χ1n) is 8.82. The highest BCUT2D eigenvalue weighted by atomic mass is 16.1. The van der Waals surface area contributed by atoms with Gasteiger partial charge in [-0.1, -0.05) is 6.07 Å². The lowest BCUT2D eigenvalue weighted by molar-refractivity contribution is 0.100. The predicted octanol–water partition coefficient (Wildman–Crippen LogP) is 3.98. The molecule has 2 N–H and O–H groups in total. The fourth-order valence-electron chi connectivity index (χ4n) is 3.90. The van der Waals surface area contributed by atoms with Crippen molar-refractivity contribution in [1.82, 2.24) is 9.78 Å². The minimum absolute atomic E-state index is 0.389. The molecule has 1 amide bonds. The van der Waals surface area contributed by atoms with Crippen molar-refractivity contribution in [2.24, 2.45) is 11.7 Å². The van der Waals surface area contributed by atoms with E-state index in [1.54, 1.807) is 6.07 Å². The van der Waals surface area contributed by atoms with Gasteiger partial charge >= 0.3 is 0 Å². The monoisotopic (exact) mass is 323 g/mol. The molecule has 2 aromatic rings. The van der Waals surface area contributed by atoms with Gasteiger partial charge in [0.05, 0.1) is 17.3 Å². The second-order valence-corrected chi connectivity index (χ2v) is 6.90. The Morgan fingerprint density at radius 3 is 2.79 bits per heavy atom. The Morgan fingerprint density at radius 1 is 1.38 bits per heavy atom. The van der Waals surface area contributed by atoms with Gasteiger partial charge in [0, 0.05) is 17.4 Å². The lowest BCUT2D eigenvalue weighted by atomic mass is 9.83. The van der Waals surface area contributed by atoms with Gasteiger partial charge in [0.1, 0.15) is 0 Å². The van der Waals surface area contributed by atoms with Crippen LogP contribution in [0.5, 0.6) is 0 Å². The van der Waals surface area contributed by atoms with Crippen molar-refractivity contribution in [3.63, 3.8) is 0 Å². The first-order valence-corrected chi connectivity index (χ1v) is 8.82. The molecule has 0 spiro atoms. The largest absolute Gasteiger partial charge is 0.366 e. The van der Waals surface area contributed by atoms with E-state index >= 15 is 0 Å². The van der Waals surface area contributed by atoms with Gasteiger partial charge in [0.15, 0.2) is 0 Å². The molecule has 0 aliphatic heterocycles. The number of fused-ring (bicyclic) bond motifs is 1. The van der Waals surface area contributed by atoms with Crippen LogP contribution in [-0.2, 0) is 0 Å². The number of carbonyl (C=O) groups excluding carboxylic acids is 1. The number of hydrogen-bond acceptors (Lipinski definition) is 2. The Bertz CT molecular complexity index is 776. The summed E-state index contributed by atoms with van der Waals surface area (Å²) >= 11 is 0. The van der Waals surface area contributed by atoms with Crippen molar-refractivity contribution in [2.75, 3.05) is 0 Å². The Morgan fingerprint density at radius 2 is 2.12 bits per heavy atom. The molecule has 4 nitrogen and oxygen atoms in total. The van der Waals surface area contributed by atoms with E-state index < -0.39 is 0 Å². The van der Waals surface area contributed by atoms with Crippen LogP contribution < -0.4 is 5.73 Å². The summed E-state index contributed by atoms with van der Waals surface area (Å²) in [4.78, 5) is 11.5. The molecule has 1 aliphatic carbocycles. The van der Waals surface area contributed by atoms with Crippen molar-refractivity contribution < 1.29 is 4.79 Å². The first kappa shape index (κ1) is 16.6. The number of unbranched alkanes of at least 4 members (excludes halogenated alkanes) is 1. The molecule has 1 aromatic heterocycles. The highest BCUT2D eigenvalue weighted by molar-refractivity contribution is 5.97. The van der Waals surface area contributed by atoms with Crippen LogP contribution in [0.1, 0.15) is 67.0 Å². The number of benzene rings is 1. The van der Waals surface area contributed by atoms with Crippen LogP contribution in [0, 0.1) is 25.2 Å². The molecule has 0 bridgehead atoms. The van der Waals surface area contributed by atoms with E-state index in [0.29, 0.717) is 11.6 Å². The fraction of sp³-hybridized carbons (Fsp3) is 0.500. The number of primary amides is 1. The molecule has 1 aromatic carbocycles. The number of nitrogens with zero attached hydrogens (tertiary/aromatic N) is 2. The zero-order chi connectivity index (χ0) is 17.1. The topological polar surface area (TPSA) is 60.9 Å². The number of rotatable bonds is 5. The van der Waals surface area contributed by atoms with Gasteiger partial charge in [-0.15, -0.1) is 12.3 Å². The number of terminal acetylenes is 1. The van der Waals surface area contributed by atoms with Gasteiger partial charge < -0.3 is 5.73 Å². The smallest absolute Gasteiger partial charge is 0.248 e. The third-order valence-electron chi connectivity index (χ3n) is 5.27. The Balaban J connectivity index is 1.77. The van der Waals surface area contributed by atoms with E-state index in [4.69, 9.17) is 17.3 Å². The quantitative estimate of drug-likeness (QED) is 0.668. The number of hydrogen-bond donors (Lipinski definition) is 1. The standard InChI is InChI=1S/C20H25N3O/c1-3-4-5-6-15-7-10-17(11-8-15)23-19-13-16(20(21)24)9-12-18(19)14(2)22-23/h1,9,12-13,15,17H,4-8,10-11H2,2H3,(H2,21,24). The number of amides is 1. The SMILES string of the molecule is C#CCCCC1CCC(n2nc(C)c3ccc(C(N)=O)cc32)CC1. The molecule has 24 heavy (non-hydrogen) atoms. The molecule has 0 saturated heterocycles. The van der Waals surface area contributed by atoms with Gasteiger partial charge in [-0.3, -0.25) is 9.48 Å². The van der Waals surface area contributed by atoms with Gasteiger partial charge in [-0.05, 0) is 63.5 Å². The molecule has 1 heterocycles. The third-order valence-corrected chi connectivity index (χ3v) is 5.27. The van der Waals surface area contributed by atoms with Crippen molar-refractivity contribution in [2.45, 2.75) is 57.9 Å². The maximum atomic E-state index is 11.5. The van der Waals surface area contributed by atoms with Crippen LogP contribution in [0.3, 0.4) is 0 Å². The van der Waals surface area contributed by atoms with Gasteiger partial charge in [0.2, 0.25) is 5.91 Å². The normalized spacial score (nSPS) is 20.8. The second kappa shape index (κ2) is 7.09. The molecule has 0 unspecified atom stereocenters. The van der Waals surface area contributed by atoms with Crippen molar-refractivity contribution in [3.05, 3.63) is 29.5 Å². The summed E-state index contributed by atoms with van der Waals surface area (Å²) in [5.41, 5.74) is 8.02. The minimum atomic E-state index is -0.389. The number of aryl methyl sites for hydroxylation is 1. The minimum Gasteiger partial charge on any atom is -0.366 e. The van der Waals surface area contributed by atoms with Crippen molar-refractivity contribution >= 4 is 16.8 Å². The van der Waals surface area contributed by atoms with Crippen molar-refractivity contribution in [3.8, 4) is 12.3 Å². The molecule has 1 fully saturated rings. The van der Waals surface area contributed by atoms with Crippen LogP contribution in [0.25, 0.3) is 10.9 Å². The fourth-order valence-corrected chi connectivity index (χ4v) is 3.90. The summed E-state index contributed by atoms with van der Waals surface area (Å²) in [6, 6.07) is 6.04. The van der Waals surface area contributed by atoms with Crippen LogP contribution in [-0.4, -0.2) is 15.7 Å². The zero-order valence-corrected chi connectivity index (χ0v) is 14.3. The van der Waals surface area contributed by atoms with E-state index in [0.717, 1.165) is 48.2 Å². The van der Waals surface area contributed by atoms with Gasteiger partial charge in [0.25, 0.3) is 0 Å². The molecule has 4 heteroatoms. The van der Waals surface area contributed by atoms with E-state index in [1.165, 1.54) is 19.3 Å². The Kier molecular flexibility index (Phi) is 4.89. The van der Waals surface area contributed by atoms with Gasteiger partial charge in [-0.25, -0.2) is 0 Å². The molecule has 0 atom stereocenters. The molecule has 3 rings (SSSR count). The van der Waals surface area contributed by atoms with E-state index in [9.17, 15) is 4.79 Å². The molecule has 1 saturated carbocycles. The highest BCUT2D eigenvalue weighted by Crippen LogP contribution is 2.36. The van der Waals surface area contributed by atoms with E-state index in [-0.39, 0.29) is 5.91 Å². The summed E-state index contributed by atoms with van der Waals surface area (Å²) in [7, 11) is 0. The number of carbonyl (C=O) groups is 1.